The molecule has 33 heavy (non-hydrogen) atoms. The number of hydrogen-bond acceptors (Lipinski definition) is 1. The first-order chi connectivity index (χ1) is 15.9. The first-order valence-electron chi connectivity index (χ1n) is 12.4. The molecule has 2 aromatic carbocycles. The van der Waals surface area contributed by atoms with Crippen molar-refractivity contribution in [2.75, 3.05) is 0 Å². The normalized spacial score (nSPS) is 29.1. The molecule has 1 heterocycles. The van der Waals surface area contributed by atoms with E-state index in [9.17, 15) is 4.79 Å². The molecular formula is C28H34Cl3NO. The molecule has 1 aliphatic heterocycles. The minimum Gasteiger partial charge on any atom is -0.353 e. The van der Waals surface area contributed by atoms with Gasteiger partial charge in [0.15, 0.2) is 0 Å². The molecule has 1 N–H and O–H groups in total. The lowest BCUT2D eigenvalue weighted by Gasteiger charge is -2.48. The maximum absolute atomic E-state index is 13.5. The van der Waals surface area contributed by atoms with Crippen LogP contribution in [0.2, 0.25) is 15.1 Å². The number of rotatable bonds is 8. The summed E-state index contributed by atoms with van der Waals surface area (Å²) in [5.74, 6) is 0.884. The van der Waals surface area contributed by atoms with E-state index >= 15 is 0 Å². The summed E-state index contributed by atoms with van der Waals surface area (Å²) in [6, 6.07) is 14.3. The van der Waals surface area contributed by atoms with Gasteiger partial charge in [-0.25, -0.2) is 0 Å². The van der Waals surface area contributed by atoms with E-state index in [1.54, 1.807) is 0 Å². The zero-order valence-corrected chi connectivity index (χ0v) is 21.8. The van der Waals surface area contributed by atoms with Crippen LogP contribution >= 0.6 is 34.8 Å². The predicted molar refractivity (Wildman–Crippen MR) is 140 cm³/mol. The second kappa shape index (κ2) is 10.6. The Morgan fingerprint density at radius 1 is 0.970 bits per heavy atom. The maximum atomic E-state index is 13.5. The van der Waals surface area contributed by atoms with E-state index in [2.05, 4.69) is 37.4 Å². The molecule has 1 amide bonds. The number of halogens is 3. The Balaban J connectivity index is 1.79. The van der Waals surface area contributed by atoms with Crippen molar-refractivity contribution in [1.82, 2.24) is 5.32 Å². The largest absolute Gasteiger partial charge is 0.353 e. The van der Waals surface area contributed by atoms with Gasteiger partial charge < -0.3 is 5.32 Å². The molecule has 5 unspecified atom stereocenters. The van der Waals surface area contributed by atoms with Crippen LogP contribution < -0.4 is 5.32 Å². The van der Waals surface area contributed by atoms with Crippen molar-refractivity contribution in [3.05, 3.63) is 68.7 Å². The van der Waals surface area contributed by atoms with Crippen LogP contribution in [-0.4, -0.2) is 11.9 Å². The second-order valence-electron chi connectivity index (χ2n) is 9.85. The summed E-state index contributed by atoms with van der Waals surface area (Å²) in [4.78, 5) is 13.5. The molecule has 2 aliphatic rings. The highest BCUT2D eigenvalue weighted by molar-refractivity contribution is 6.35. The van der Waals surface area contributed by atoms with Gasteiger partial charge in [0.25, 0.3) is 0 Å². The first-order valence-corrected chi connectivity index (χ1v) is 13.6. The molecule has 0 bridgehead atoms. The highest BCUT2D eigenvalue weighted by atomic mass is 35.5. The topological polar surface area (TPSA) is 29.1 Å². The highest BCUT2D eigenvalue weighted by Gasteiger charge is 2.60. The fourth-order valence-electron chi connectivity index (χ4n) is 6.55. The summed E-state index contributed by atoms with van der Waals surface area (Å²) >= 11 is 19.2. The first kappa shape index (κ1) is 24.9. The van der Waals surface area contributed by atoms with Crippen LogP contribution in [0.25, 0.3) is 0 Å². The number of hydrogen-bond donors (Lipinski definition) is 1. The molecule has 4 rings (SSSR count). The number of nitrogens with one attached hydrogen (secondary N) is 1. The molecule has 5 heteroatoms. The summed E-state index contributed by atoms with van der Waals surface area (Å²) in [6.45, 7) is 4.41. The Kier molecular flexibility index (Phi) is 7.98. The standard InChI is InChI=1S/C28H34Cl3NO/c1-3-5-6-7-8-24-26-25(18-9-11-19(29)12-10-18)22(21-14-13-20(30)17-23(21)31)15-16-28(26,4-2)27(33)32-24/h9-14,17,22,24-26H,3-8,15-16H2,1-2H3,(H,32,33). The van der Waals surface area contributed by atoms with Gasteiger partial charge in [0, 0.05) is 27.0 Å². The van der Waals surface area contributed by atoms with Gasteiger partial charge in [0.2, 0.25) is 5.91 Å². The van der Waals surface area contributed by atoms with Gasteiger partial charge in [0.1, 0.15) is 0 Å². The third kappa shape index (κ3) is 4.81. The van der Waals surface area contributed by atoms with E-state index in [0.717, 1.165) is 42.7 Å². The van der Waals surface area contributed by atoms with Crippen LogP contribution in [0.5, 0.6) is 0 Å². The third-order valence-corrected chi connectivity index (χ3v) is 8.99. The Labute approximate surface area is 213 Å². The van der Waals surface area contributed by atoms with E-state index in [1.165, 1.54) is 24.8 Å². The Hall–Kier alpha value is -1.22. The average molecular weight is 507 g/mol. The van der Waals surface area contributed by atoms with Crippen LogP contribution in [-0.2, 0) is 4.79 Å². The smallest absolute Gasteiger partial charge is 0.226 e. The molecule has 1 saturated carbocycles. The molecule has 0 aromatic heterocycles. The van der Waals surface area contributed by atoms with Crippen LogP contribution in [0.1, 0.15) is 88.2 Å². The molecule has 2 nitrogen and oxygen atoms in total. The third-order valence-electron chi connectivity index (χ3n) is 8.18. The Morgan fingerprint density at radius 2 is 1.70 bits per heavy atom. The molecule has 5 atom stereocenters. The molecule has 2 fully saturated rings. The SMILES string of the molecule is CCCCCCC1NC(=O)C2(CC)CCC(c3ccc(Cl)cc3Cl)C(c3ccc(Cl)cc3)C12. The van der Waals surface area contributed by atoms with Crippen molar-refractivity contribution in [3.63, 3.8) is 0 Å². The number of carbonyl (C=O) groups is 1. The maximum Gasteiger partial charge on any atom is 0.226 e. The highest BCUT2D eigenvalue weighted by Crippen LogP contribution is 2.61. The molecule has 0 spiro atoms. The predicted octanol–water partition coefficient (Wildman–Crippen LogP) is 8.79. The van der Waals surface area contributed by atoms with Crippen molar-refractivity contribution in [2.45, 2.75) is 83.1 Å². The molecule has 0 radical (unpaired) electrons. The van der Waals surface area contributed by atoms with E-state index in [-0.39, 0.29) is 35.1 Å². The summed E-state index contributed by atoms with van der Waals surface area (Å²) in [5.41, 5.74) is 2.05. The molecule has 1 aliphatic carbocycles. The fraction of sp³-hybridized carbons (Fsp3) is 0.536. The zero-order chi connectivity index (χ0) is 23.6. The summed E-state index contributed by atoms with van der Waals surface area (Å²) in [7, 11) is 0. The minimum atomic E-state index is -0.324. The summed E-state index contributed by atoms with van der Waals surface area (Å²) in [6.07, 6.45) is 8.52. The van der Waals surface area contributed by atoms with Gasteiger partial charge in [0.05, 0.1) is 5.41 Å². The number of carbonyl (C=O) groups excluding carboxylic acids is 1. The van der Waals surface area contributed by atoms with Gasteiger partial charge in [-0.2, -0.15) is 0 Å². The van der Waals surface area contributed by atoms with E-state index < -0.39 is 0 Å². The second-order valence-corrected chi connectivity index (χ2v) is 11.1. The number of amides is 1. The van der Waals surface area contributed by atoms with E-state index in [1.807, 2.05) is 24.3 Å². The molecule has 178 valence electrons. The molecule has 2 aromatic rings. The van der Waals surface area contributed by atoms with Gasteiger partial charge in [-0.15, -0.1) is 0 Å². The zero-order valence-electron chi connectivity index (χ0n) is 19.5. The Morgan fingerprint density at radius 3 is 2.36 bits per heavy atom. The van der Waals surface area contributed by atoms with Gasteiger partial charge in [-0.3, -0.25) is 4.79 Å². The van der Waals surface area contributed by atoms with Crippen LogP contribution in [0, 0.1) is 11.3 Å². The number of fused-ring (bicyclic) bond motifs is 1. The Bertz CT molecular complexity index is 976. The van der Waals surface area contributed by atoms with Crippen LogP contribution in [0.3, 0.4) is 0 Å². The lowest BCUT2D eigenvalue weighted by molar-refractivity contribution is -0.131. The summed E-state index contributed by atoms with van der Waals surface area (Å²) in [5, 5.41) is 5.55. The van der Waals surface area contributed by atoms with E-state index in [4.69, 9.17) is 34.8 Å². The fourth-order valence-corrected chi connectivity index (χ4v) is 7.22. The lowest BCUT2D eigenvalue weighted by atomic mass is 9.54. The minimum absolute atomic E-state index is 0.184. The van der Waals surface area contributed by atoms with Crippen molar-refractivity contribution >= 4 is 40.7 Å². The van der Waals surface area contributed by atoms with Crippen LogP contribution in [0.4, 0.5) is 0 Å². The average Bonchev–Trinajstić information content (AvgIpc) is 3.09. The van der Waals surface area contributed by atoms with Gasteiger partial charge in [-0.05, 0) is 72.9 Å². The number of unbranched alkanes of at least 4 members (excludes halogenated alkanes) is 3. The van der Waals surface area contributed by atoms with Crippen molar-refractivity contribution in [1.29, 1.82) is 0 Å². The molecular weight excluding hydrogens is 473 g/mol. The van der Waals surface area contributed by atoms with Crippen molar-refractivity contribution in [2.24, 2.45) is 11.3 Å². The molecule has 1 saturated heterocycles. The van der Waals surface area contributed by atoms with Crippen molar-refractivity contribution < 1.29 is 4.79 Å². The summed E-state index contributed by atoms with van der Waals surface area (Å²) < 4.78 is 0. The van der Waals surface area contributed by atoms with Gasteiger partial charge >= 0.3 is 0 Å². The number of benzene rings is 2. The monoisotopic (exact) mass is 505 g/mol. The van der Waals surface area contributed by atoms with E-state index in [0.29, 0.717) is 10.0 Å². The lowest BCUT2D eigenvalue weighted by Crippen LogP contribution is -2.44. The van der Waals surface area contributed by atoms with Gasteiger partial charge in [-0.1, -0.05) is 92.5 Å². The quantitative estimate of drug-likeness (QED) is 0.356. The van der Waals surface area contributed by atoms with Crippen molar-refractivity contribution in [3.8, 4) is 0 Å². The van der Waals surface area contributed by atoms with Crippen LogP contribution in [0.15, 0.2) is 42.5 Å².